The van der Waals surface area contributed by atoms with Crippen LogP contribution < -0.4 is 0 Å². The Bertz CT molecular complexity index is 494. The largest absolute Gasteiger partial charge is 0.343 e. The number of aryl methyl sites for hydroxylation is 1. The van der Waals surface area contributed by atoms with Gasteiger partial charge in [0, 0.05) is 13.5 Å². The minimum absolute atomic E-state index is 0.0358. The highest BCUT2D eigenvalue weighted by Crippen LogP contribution is 2.32. The standard InChI is InChI=1S/C9H11N3O3S/c1-11-4-10-12(9(11)16)5-2-6(13)8-14-3-7(5)15-8/h4-5,7-8H,2-3H2,1H3/t5-,7+,8-/m0/s1. The summed E-state index contributed by atoms with van der Waals surface area (Å²) in [5.41, 5.74) is 0. The van der Waals surface area contributed by atoms with Gasteiger partial charge in [0.25, 0.3) is 0 Å². The average molecular weight is 241 g/mol. The fraction of sp³-hybridized carbons (Fsp3) is 0.667. The van der Waals surface area contributed by atoms with E-state index >= 15 is 0 Å². The summed E-state index contributed by atoms with van der Waals surface area (Å²) >= 11 is 5.22. The molecular weight excluding hydrogens is 230 g/mol. The maximum atomic E-state index is 11.6. The molecule has 0 unspecified atom stereocenters. The lowest BCUT2D eigenvalue weighted by atomic mass is 10.0. The molecule has 1 aromatic heterocycles. The first-order valence-electron chi connectivity index (χ1n) is 5.07. The lowest BCUT2D eigenvalue weighted by molar-refractivity contribution is -0.156. The van der Waals surface area contributed by atoms with Crippen LogP contribution in [0.2, 0.25) is 0 Å². The van der Waals surface area contributed by atoms with Crippen LogP contribution in [0.3, 0.4) is 0 Å². The van der Waals surface area contributed by atoms with Crippen LogP contribution in [0.1, 0.15) is 12.5 Å². The number of aromatic nitrogens is 3. The summed E-state index contributed by atoms with van der Waals surface area (Å²) in [4.78, 5) is 11.6. The molecule has 86 valence electrons. The molecule has 6 nitrogen and oxygen atoms in total. The second kappa shape index (κ2) is 3.47. The van der Waals surface area contributed by atoms with Gasteiger partial charge >= 0.3 is 0 Å². The molecule has 0 radical (unpaired) electrons. The summed E-state index contributed by atoms with van der Waals surface area (Å²) < 4.78 is 14.7. The lowest BCUT2D eigenvalue weighted by Crippen LogP contribution is -2.37. The van der Waals surface area contributed by atoms with Gasteiger partial charge in [-0.3, -0.25) is 4.79 Å². The number of Topliss-reactive ketones (excluding diaryl/α,β-unsaturated/α-hetero) is 1. The fourth-order valence-corrected chi connectivity index (χ4v) is 2.32. The molecule has 2 fully saturated rings. The molecule has 0 aliphatic carbocycles. The summed E-state index contributed by atoms with van der Waals surface area (Å²) in [6, 6.07) is -0.139. The van der Waals surface area contributed by atoms with E-state index in [4.69, 9.17) is 21.7 Å². The van der Waals surface area contributed by atoms with E-state index in [0.717, 1.165) is 0 Å². The lowest BCUT2D eigenvalue weighted by Gasteiger charge is -2.26. The molecule has 3 atom stereocenters. The average Bonchev–Trinajstić information content (AvgIpc) is 2.82. The van der Waals surface area contributed by atoms with Gasteiger partial charge in [0.2, 0.25) is 6.29 Å². The first kappa shape index (κ1) is 10.1. The Balaban J connectivity index is 1.98. The highest BCUT2D eigenvalue weighted by molar-refractivity contribution is 7.71. The number of hydrogen-bond donors (Lipinski definition) is 0. The van der Waals surface area contributed by atoms with Crippen molar-refractivity contribution in [3.63, 3.8) is 0 Å². The number of nitrogens with zero attached hydrogens (tertiary/aromatic N) is 3. The second-order valence-electron chi connectivity index (χ2n) is 4.05. The summed E-state index contributed by atoms with van der Waals surface area (Å²) in [6.07, 6.45) is 1.22. The van der Waals surface area contributed by atoms with Crippen LogP contribution in [-0.2, 0) is 21.3 Å². The van der Waals surface area contributed by atoms with Gasteiger partial charge < -0.3 is 14.0 Å². The normalized spacial score (nSPS) is 33.3. The summed E-state index contributed by atoms with van der Waals surface area (Å²) in [5.74, 6) is -0.0358. The molecule has 0 spiro atoms. The zero-order valence-corrected chi connectivity index (χ0v) is 9.51. The number of rotatable bonds is 1. The van der Waals surface area contributed by atoms with Crippen LogP contribution in [0.25, 0.3) is 0 Å². The zero-order valence-electron chi connectivity index (χ0n) is 8.70. The molecule has 3 rings (SSSR count). The fourth-order valence-electron chi connectivity index (χ4n) is 2.09. The van der Waals surface area contributed by atoms with E-state index in [9.17, 15) is 4.79 Å². The van der Waals surface area contributed by atoms with Crippen molar-refractivity contribution < 1.29 is 14.3 Å². The van der Waals surface area contributed by atoms with Crippen LogP contribution in [0.15, 0.2) is 6.33 Å². The molecule has 3 heterocycles. The molecular formula is C9H11N3O3S. The topological polar surface area (TPSA) is 58.3 Å². The zero-order chi connectivity index (χ0) is 11.3. The Labute approximate surface area is 96.8 Å². The predicted molar refractivity (Wildman–Crippen MR) is 55.3 cm³/mol. The number of hydrogen-bond acceptors (Lipinski definition) is 5. The van der Waals surface area contributed by atoms with Crippen LogP contribution in [0.4, 0.5) is 0 Å². The Morgan fingerprint density at radius 1 is 1.62 bits per heavy atom. The van der Waals surface area contributed by atoms with E-state index in [1.165, 1.54) is 0 Å². The molecule has 0 amide bonds. The quantitative estimate of drug-likeness (QED) is 0.658. The molecule has 7 heteroatoms. The van der Waals surface area contributed by atoms with E-state index in [1.807, 2.05) is 7.05 Å². The van der Waals surface area contributed by atoms with Gasteiger partial charge in [0.1, 0.15) is 12.4 Å². The molecule has 0 aromatic carbocycles. The van der Waals surface area contributed by atoms with E-state index < -0.39 is 6.29 Å². The van der Waals surface area contributed by atoms with Crippen molar-refractivity contribution in [3.8, 4) is 0 Å². The Morgan fingerprint density at radius 3 is 3.12 bits per heavy atom. The Morgan fingerprint density at radius 2 is 2.44 bits per heavy atom. The molecule has 2 saturated heterocycles. The molecule has 1 aromatic rings. The van der Waals surface area contributed by atoms with Crippen molar-refractivity contribution in [2.45, 2.75) is 24.9 Å². The highest BCUT2D eigenvalue weighted by Gasteiger charge is 2.44. The third kappa shape index (κ3) is 1.35. The van der Waals surface area contributed by atoms with Crippen LogP contribution in [0, 0.1) is 4.77 Å². The maximum Gasteiger partial charge on any atom is 0.218 e. The predicted octanol–water partition coefficient (Wildman–Crippen LogP) is 0.206. The number of ether oxygens (including phenoxy) is 2. The van der Waals surface area contributed by atoms with Crippen molar-refractivity contribution in [1.29, 1.82) is 0 Å². The Hall–Kier alpha value is -1.05. The number of fused-ring (bicyclic) bond motifs is 2. The van der Waals surface area contributed by atoms with Gasteiger partial charge in [-0.2, -0.15) is 5.10 Å². The number of carbonyl (C=O) groups excluding carboxylic acids is 1. The second-order valence-corrected chi connectivity index (χ2v) is 4.41. The third-order valence-electron chi connectivity index (χ3n) is 2.97. The van der Waals surface area contributed by atoms with Gasteiger partial charge in [-0.05, 0) is 12.2 Å². The van der Waals surface area contributed by atoms with Gasteiger partial charge in [0.05, 0.1) is 12.6 Å². The first-order chi connectivity index (χ1) is 7.66. The van der Waals surface area contributed by atoms with Crippen molar-refractivity contribution in [2.75, 3.05) is 6.61 Å². The van der Waals surface area contributed by atoms with E-state index in [1.54, 1.807) is 15.6 Å². The van der Waals surface area contributed by atoms with E-state index in [0.29, 0.717) is 17.8 Å². The van der Waals surface area contributed by atoms with E-state index in [2.05, 4.69) is 5.10 Å². The summed E-state index contributed by atoms with van der Waals surface area (Å²) in [5, 5.41) is 4.18. The molecule has 2 aliphatic heterocycles. The van der Waals surface area contributed by atoms with Crippen molar-refractivity contribution in [1.82, 2.24) is 14.3 Å². The Kier molecular flexibility index (Phi) is 2.20. The van der Waals surface area contributed by atoms with Crippen molar-refractivity contribution >= 4 is 18.0 Å². The molecule has 2 bridgehead atoms. The smallest absolute Gasteiger partial charge is 0.218 e. The highest BCUT2D eigenvalue weighted by atomic mass is 32.1. The monoisotopic (exact) mass is 241 g/mol. The SMILES string of the molecule is Cn1cnn([C@H]2CC(=O)[C@H]3OC[C@H]2O3)c1=S. The van der Waals surface area contributed by atoms with Crippen LogP contribution in [-0.4, -0.2) is 39.1 Å². The summed E-state index contributed by atoms with van der Waals surface area (Å²) in [6.45, 7) is 0.430. The van der Waals surface area contributed by atoms with Crippen LogP contribution in [0.5, 0.6) is 0 Å². The van der Waals surface area contributed by atoms with Crippen LogP contribution >= 0.6 is 12.2 Å². The van der Waals surface area contributed by atoms with E-state index in [-0.39, 0.29) is 17.9 Å². The van der Waals surface area contributed by atoms with Gasteiger partial charge in [-0.25, -0.2) is 4.68 Å². The van der Waals surface area contributed by atoms with Crippen molar-refractivity contribution in [3.05, 3.63) is 11.1 Å². The number of carbonyl (C=O) groups is 1. The van der Waals surface area contributed by atoms with Gasteiger partial charge in [-0.1, -0.05) is 0 Å². The van der Waals surface area contributed by atoms with Gasteiger partial charge in [0.15, 0.2) is 10.6 Å². The third-order valence-corrected chi connectivity index (χ3v) is 3.45. The minimum Gasteiger partial charge on any atom is -0.343 e. The molecule has 0 saturated carbocycles. The number of ketones is 1. The minimum atomic E-state index is -0.667. The molecule has 2 aliphatic rings. The van der Waals surface area contributed by atoms with Crippen molar-refractivity contribution in [2.24, 2.45) is 7.05 Å². The molecule has 0 N–H and O–H groups in total. The first-order valence-corrected chi connectivity index (χ1v) is 5.47. The van der Waals surface area contributed by atoms with Gasteiger partial charge in [-0.15, -0.1) is 0 Å². The molecule has 16 heavy (non-hydrogen) atoms. The summed E-state index contributed by atoms with van der Waals surface area (Å²) in [7, 11) is 1.82. The maximum absolute atomic E-state index is 11.6.